The second-order valence-electron chi connectivity index (χ2n) is 3.48. The van der Waals surface area contributed by atoms with Crippen LogP contribution in [0.4, 0.5) is 8.78 Å². The Labute approximate surface area is 106 Å². The average molecular weight is 299 g/mol. The summed E-state index contributed by atoms with van der Waals surface area (Å²) in [7, 11) is 0. The van der Waals surface area contributed by atoms with E-state index < -0.39 is 17.7 Å². The second-order valence-corrected chi connectivity index (χ2v) is 4.34. The molecule has 0 aliphatic carbocycles. The van der Waals surface area contributed by atoms with Gasteiger partial charge in [0.2, 0.25) is 0 Å². The van der Waals surface area contributed by atoms with Crippen molar-refractivity contribution in [3.63, 3.8) is 0 Å². The highest BCUT2D eigenvalue weighted by molar-refractivity contribution is 9.10. The molecule has 0 fully saturated rings. The molecule has 0 aliphatic heterocycles. The maximum atomic E-state index is 13.6. The first-order valence-corrected chi connectivity index (χ1v) is 5.70. The molecule has 2 rings (SSSR count). The summed E-state index contributed by atoms with van der Waals surface area (Å²) in [4.78, 5) is 4.03. The molecule has 1 aromatic carbocycles. The molecule has 0 aliphatic rings. The number of aromatic nitrogens is 1. The molecule has 17 heavy (non-hydrogen) atoms. The minimum atomic E-state index is -0.938. The summed E-state index contributed by atoms with van der Waals surface area (Å²) in [5.74, 6) is -1.34. The summed E-state index contributed by atoms with van der Waals surface area (Å²) in [6, 6.07) is 6.14. The summed E-state index contributed by atoms with van der Waals surface area (Å²) in [5.41, 5.74) is 6.07. The van der Waals surface area contributed by atoms with Crippen molar-refractivity contribution in [2.75, 3.05) is 0 Å². The average Bonchev–Trinajstić information content (AvgIpc) is 2.29. The molecule has 0 radical (unpaired) electrons. The van der Waals surface area contributed by atoms with Crippen molar-refractivity contribution in [3.8, 4) is 0 Å². The highest BCUT2D eigenvalue weighted by atomic mass is 79.9. The number of nitrogens with two attached hydrogens (primary N) is 1. The maximum Gasteiger partial charge on any atom is 0.131 e. The number of benzene rings is 1. The van der Waals surface area contributed by atoms with Gasteiger partial charge in [-0.05, 0) is 40.2 Å². The third-order valence-electron chi connectivity index (χ3n) is 2.39. The predicted molar refractivity (Wildman–Crippen MR) is 64.3 cm³/mol. The molecule has 88 valence electrons. The van der Waals surface area contributed by atoms with Gasteiger partial charge in [0.15, 0.2) is 0 Å². The molecule has 1 aromatic heterocycles. The van der Waals surface area contributed by atoms with Crippen molar-refractivity contribution in [2.45, 2.75) is 6.04 Å². The summed E-state index contributed by atoms with van der Waals surface area (Å²) in [6.07, 6.45) is 1.53. The minimum absolute atomic E-state index is 0.174. The number of halogens is 3. The van der Waals surface area contributed by atoms with Gasteiger partial charge >= 0.3 is 0 Å². The first kappa shape index (κ1) is 12.1. The van der Waals surface area contributed by atoms with Crippen LogP contribution in [0.5, 0.6) is 0 Å². The van der Waals surface area contributed by atoms with Gasteiger partial charge in [-0.2, -0.15) is 0 Å². The van der Waals surface area contributed by atoms with Gasteiger partial charge in [0.05, 0.1) is 11.7 Å². The van der Waals surface area contributed by atoms with E-state index in [4.69, 9.17) is 5.73 Å². The van der Waals surface area contributed by atoms with Crippen LogP contribution in [0.1, 0.15) is 17.3 Å². The zero-order chi connectivity index (χ0) is 12.4. The van der Waals surface area contributed by atoms with Gasteiger partial charge in [0, 0.05) is 16.2 Å². The Kier molecular flexibility index (Phi) is 3.49. The van der Waals surface area contributed by atoms with Crippen molar-refractivity contribution in [3.05, 3.63) is 63.9 Å². The Morgan fingerprint density at radius 2 is 1.76 bits per heavy atom. The normalized spacial score (nSPS) is 12.5. The lowest BCUT2D eigenvalue weighted by Crippen LogP contribution is -2.17. The molecule has 1 atom stereocenters. The number of rotatable bonds is 2. The summed E-state index contributed by atoms with van der Waals surface area (Å²) in [6.45, 7) is 0. The lowest BCUT2D eigenvalue weighted by atomic mass is 10.0. The van der Waals surface area contributed by atoms with E-state index in [1.807, 2.05) is 0 Å². The number of pyridine rings is 1. The molecule has 1 unspecified atom stereocenters. The number of hydrogen-bond donors (Lipinski definition) is 1. The Morgan fingerprint density at radius 3 is 2.35 bits per heavy atom. The van der Waals surface area contributed by atoms with Gasteiger partial charge in [0.25, 0.3) is 0 Å². The van der Waals surface area contributed by atoms with E-state index in [1.54, 1.807) is 12.1 Å². The van der Waals surface area contributed by atoms with Gasteiger partial charge in [-0.3, -0.25) is 4.98 Å². The third kappa shape index (κ3) is 2.35. The van der Waals surface area contributed by atoms with Crippen LogP contribution in [0.2, 0.25) is 0 Å². The van der Waals surface area contributed by atoms with Crippen molar-refractivity contribution >= 4 is 15.9 Å². The molecule has 0 bridgehead atoms. The Morgan fingerprint density at radius 1 is 1.12 bits per heavy atom. The fraction of sp³-hybridized carbons (Fsp3) is 0.0833. The molecule has 5 heteroatoms. The van der Waals surface area contributed by atoms with E-state index in [2.05, 4.69) is 20.9 Å². The van der Waals surface area contributed by atoms with Gasteiger partial charge in [0.1, 0.15) is 11.6 Å². The highest BCUT2D eigenvalue weighted by Crippen LogP contribution is 2.27. The molecule has 0 saturated heterocycles. The van der Waals surface area contributed by atoms with Crippen LogP contribution in [0.15, 0.2) is 41.0 Å². The van der Waals surface area contributed by atoms with Crippen LogP contribution < -0.4 is 5.73 Å². The number of hydrogen-bond acceptors (Lipinski definition) is 2. The van der Waals surface area contributed by atoms with E-state index in [9.17, 15) is 8.78 Å². The fourth-order valence-electron chi connectivity index (χ4n) is 1.57. The van der Waals surface area contributed by atoms with Crippen molar-refractivity contribution in [1.29, 1.82) is 0 Å². The maximum absolute atomic E-state index is 13.6. The first-order valence-electron chi connectivity index (χ1n) is 4.91. The third-order valence-corrected chi connectivity index (χ3v) is 3.06. The van der Waals surface area contributed by atoms with Crippen molar-refractivity contribution in [1.82, 2.24) is 4.98 Å². The van der Waals surface area contributed by atoms with E-state index >= 15 is 0 Å². The Balaban J connectivity index is 2.51. The molecule has 2 nitrogen and oxygen atoms in total. The quantitative estimate of drug-likeness (QED) is 0.925. The zero-order valence-corrected chi connectivity index (χ0v) is 10.3. The van der Waals surface area contributed by atoms with Crippen LogP contribution in [0.25, 0.3) is 0 Å². The molecule has 0 saturated carbocycles. The van der Waals surface area contributed by atoms with Crippen LogP contribution in [0, 0.1) is 11.6 Å². The lowest BCUT2D eigenvalue weighted by Gasteiger charge is -2.14. The second kappa shape index (κ2) is 4.89. The molecule has 0 amide bonds. The summed E-state index contributed by atoms with van der Waals surface area (Å²) < 4.78 is 27.7. The monoisotopic (exact) mass is 298 g/mol. The molecule has 0 spiro atoms. The van der Waals surface area contributed by atoms with Crippen LogP contribution in [0.3, 0.4) is 0 Å². The van der Waals surface area contributed by atoms with Gasteiger partial charge in [-0.15, -0.1) is 0 Å². The van der Waals surface area contributed by atoms with Gasteiger partial charge < -0.3 is 5.73 Å². The van der Waals surface area contributed by atoms with Crippen molar-refractivity contribution < 1.29 is 8.78 Å². The van der Waals surface area contributed by atoms with Crippen LogP contribution >= 0.6 is 15.9 Å². The highest BCUT2D eigenvalue weighted by Gasteiger charge is 2.20. The fourth-order valence-corrected chi connectivity index (χ4v) is 2.07. The Bertz CT molecular complexity index is 526. The van der Waals surface area contributed by atoms with E-state index in [1.165, 1.54) is 24.4 Å². The standard InChI is InChI=1S/C12H9BrF2N2/c13-7-3-2-6-17-12(7)11(16)10-8(14)4-1-5-9(10)15/h1-6,11H,16H2. The van der Waals surface area contributed by atoms with Crippen molar-refractivity contribution in [2.24, 2.45) is 5.73 Å². The lowest BCUT2D eigenvalue weighted by molar-refractivity contribution is 0.540. The van der Waals surface area contributed by atoms with E-state index in [0.717, 1.165) is 0 Å². The summed E-state index contributed by atoms with van der Waals surface area (Å²) >= 11 is 3.26. The van der Waals surface area contributed by atoms with Crippen LogP contribution in [-0.2, 0) is 0 Å². The predicted octanol–water partition coefficient (Wildman–Crippen LogP) is 3.17. The molecular weight excluding hydrogens is 290 g/mol. The SMILES string of the molecule is NC(c1ncccc1Br)c1c(F)cccc1F. The summed E-state index contributed by atoms with van der Waals surface area (Å²) in [5, 5.41) is 0. The van der Waals surface area contributed by atoms with E-state index in [-0.39, 0.29) is 5.56 Å². The number of nitrogens with zero attached hydrogens (tertiary/aromatic N) is 1. The first-order chi connectivity index (χ1) is 8.11. The van der Waals surface area contributed by atoms with E-state index in [0.29, 0.717) is 10.2 Å². The molecule has 1 heterocycles. The Hall–Kier alpha value is -1.33. The van der Waals surface area contributed by atoms with Gasteiger partial charge in [-0.1, -0.05) is 6.07 Å². The molecule has 2 N–H and O–H groups in total. The largest absolute Gasteiger partial charge is 0.319 e. The minimum Gasteiger partial charge on any atom is -0.319 e. The van der Waals surface area contributed by atoms with Crippen LogP contribution in [-0.4, -0.2) is 4.98 Å². The molecule has 2 aromatic rings. The van der Waals surface area contributed by atoms with Gasteiger partial charge in [-0.25, -0.2) is 8.78 Å². The zero-order valence-electron chi connectivity index (χ0n) is 8.70. The topological polar surface area (TPSA) is 38.9 Å². The smallest absolute Gasteiger partial charge is 0.131 e. The molecular formula is C12H9BrF2N2.